The van der Waals surface area contributed by atoms with E-state index in [2.05, 4.69) is 4.98 Å². The van der Waals surface area contributed by atoms with Crippen LogP contribution < -0.4 is 5.56 Å². The van der Waals surface area contributed by atoms with Gasteiger partial charge >= 0.3 is 0 Å². The number of nitrogens with zero attached hydrogens (tertiary/aromatic N) is 3. The largest absolute Gasteiger partial charge is 0.320 e. The molecule has 0 aliphatic heterocycles. The minimum atomic E-state index is -0.0133. The molecule has 0 saturated carbocycles. The Morgan fingerprint density at radius 2 is 2.08 bits per heavy atom. The smallest absolute Gasteiger partial charge is 0.259 e. The standard InChI is InChI=1S/C9H11N3O/c1-6-4-8(13)12-7(2)5-11(3)9(12)10-6/h4-5H,1-3H3. The van der Waals surface area contributed by atoms with E-state index in [1.807, 2.05) is 31.7 Å². The molecule has 0 N–H and O–H groups in total. The minimum Gasteiger partial charge on any atom is -0.320 e. The lowest BCUT2D eigenvalue weighted by molar-refractivity contribution is 0.902. The van der Waals surface area contributed by atoms with Gasteiger partial charge in [-0.1, -0.05) is 0 Å². The zero-order valence-electron chi connectivity index (χ0n) is 7.90. The molecule has 2 heterocycles. The molecule has 0 fully saturated rings. The Morgan fingerprint density at radius 3 is 2.77 bits per heavy atom. The first-order chi connectivity index (χ1) is 6.09. The third-order valence-electron chi connectivity index (χ3n) is 2.08. The van der Waals surface area contributed by atoms with Crippen LogP contribution in [-0.4, -0.2) is 14.0 Å². The van der Waals surface area contributed by atoms with Crippen LogP contribution in [0.3, 0.4) is 0 Å². The highest BCUT2D eigenvalue weighted by Gasteiger charge is 2.05. The Kier molecular flexibility index (Phi) is 1.52. The molecule has 0 unspecified atom stereocenters. The summed E-state index contributed by atoms with van der Waals surface area (Å²) in [5, 5.41) is 0. The minimum absolute atomic E-state index is 0.0133. The quantitative estimate of drug-likeness (QED) is 0.592. The van der Waals surface area contributed by atoms with Crippen LogP contribution in [0.4, 0.5) is 0 Å². The van der Waals surface area contributed by atoms with Crippen LogP contribution in [0.15, 0.2) is 17.1 Å². The zero-order chi connectivity index (χ0) is 9.59. The van der Waals surface area contributed by atoms with Crippen molar-refractivity contribution in [2.45, 2.75) is 13.8 Å². The van der Waals surface area contributed by atoms with Crippen molar-refractivity contribution in [3.05, 3.63) is 34.0 Å². The lowest BCUT2D eigenvalue weighted by Crippen LogP contribution is -2.15. The second-order valence-corrected chi connectivity index (χ2v) is 3.25. The molecule has 68 valence electrons. The van der Waals surface area contributed by atoms with Crippen LogP contribution in [0, 0.1) is 13.8 Å². The van der Waals surface area contributed by atoms with Crippen LogP contribution in [0.5, 0.6) is 0 Å². The first kappa shape index (κ1) is 8.04. The molecule has 0 aliphatic rings. The molecule has 2 aromatic heterocycles. The summed E-state index contributed by atoms with van der Waals surface area (Å²) in [7, 11) is 1.88. The van der Waals surface area contributed by atoms with Gasteiger partial charge in [0.25, 0.3) is 5.56 Å². The van der Waals surface area contributed by atoms with E-state index in [-0.39, 0.29) is 5.56 Å². The van der Waals surface area contributed by atoms with Crippen molar-refractivity contribution in [2.75, 3.05) is 0 Å². The number of hydrogen-bond donors (Lipinski definition) is 0. The molecule has 2 rings (SSSR count). The third kappa shape index (κ3) is 1.06. The van der Waals surface area contributed by atoms with E-state index in [1.54, 1.807) is 10.5 Å². The van der Waals surface area contributed by atoms with Gasteiger partial charge in [-0.25, -0.2) is 9.38 Å². The van der Waals surface area contributed by atoms with Crippen LogP contribution in [0.25, 0.3) is 5.78 Å². The van der Waals surface area contributed by atoms with E-state index in [0.29, 0.717) is 5.78 Å². The second-order valence-electron chi connectivity index (χ2n) is 3.25. The Hall–Kier alpha value is -1.58. The molecule has 0 radical (unpaired) electrons. The van der Waals surface area contributed by atoms with Crippen LogP contribution >= 0.6 is 0 Å². The normalized spacial score (nSPS) is 11.0. The fraction of sp³-hybridized carbons (Fsp3) is 0.333. The van der Waals surface area contributed by atoms with Crippen molar-refractivity contribution >= 4 is 5.78 Å². The number of aryl methyl sites for hydroxylation is 3. The summed E-state index contributed by atoms with van der Waals surface area (Å²) in [6, 6.07) is 1.54. The maximum absolute atomic E-state index is 11.5. The maximum Gasteiger partial charge on any atom is 0.259 e. The molecule has 0 aliphatic carbocycles. The van der Waals surface area contributed by atoms with Crippen molar-refractivity contribution < 1.29 is 0 Å². The van der Waals surface area contributed by atoms with E-state index >= 15 is 0 Å². The number of imidazole rings is 1. The molecule has 2 aromatic rings. The SMILES string of the molecule is Cc1cc(=O)n2c(C)cn(C)c2n1. The van der Waals surface area contributed by atoms with Gasteiger partial charge in [-0.15, -0.1) is 0 Å². The first-order valence-electron chi connectivity index (χ1n) is 4.12. The van der Waals surface area contributed by atoms with Crippen LogP contribution in [0.1, 0.15) is 11.4 Å². The van der Waals surface area contributed by atoms with E-state index in [9.17, 15) is 4.79 Å². The summed E-state index contributed by atoms with van der Waals surface area (Å²) in [5.74, 6) is 0.697. The average molecular weight is 177 g/mol. The predicted octanol–water partition coefficient (Wildman–Crippen LogP) is 0.650. The lowest BCUT2D eigenvalue weighted by Gasteiger charge is -1.97. The van der Waals surface area contributed by atoms with Crippen molar-refractivity contribution in [2.24, 2.45) is 7.05 Å². The van der Waals surface area contributed by atoms with E-state index in [4.69, 9.17) is 0 Å². The lowest BCUT2D eigenvalue weighted by atomic mass is 10.4. The van der Waals surface area contributed by atoms with Gasteiger partial charge in [-0.2, -0.15) is 0 Å². The van der Waals surface area contributed by atoms with Crippen molar-refractivity contribution in [1.29, 1.82) is 0 Å². The summed E-state index contributed by atoms with van der Waals surface area (Å²) < 4.78 is 3.46. The molecule has 0 bridgehead atoms. The molecule has 0 aromatic carbocycles. The van der Waals surface area contributed by atoms with Gasteiger partial charge in [-0.3, -0.25) is 4.79 Å². The highest BCUT2D eigenvalue weighted by Crippen LogP contribution is 2.03. The fourth-order valence-corrected chi connectivity index (χ4v) is 1.55. The van der Waals surface area contributed by atoms with Gasteiger partial charge in [0.2, 0.25) is 5.78 Å². The highest BCUT2D eigenvalue weighted by molar-refractivity contribution is 5.33. The first-order valence-corrected chi connectivity index (χ1v) is 4.12. The summed E-state index contributed by atoms with van der Waals surface area (Å²) in [6.07, 6.45) is 1.89. The Bertz CT molecular complexity index is 521. The third-order valence-corrected chi connectivity index (χ3v) is 2.08. The molecule has 13 heavy (non-hydrogen) atoms. The fourth-order valence-electron chi connectivity index (χ4n) is 1.55. The molecular formula is C9H11N3O. The molecule has 4 heteroatoms. The number of hydrogen-bond acceptors (Lipinski definition) is 2. The van der Waals surface area contributed by atoms with Gasteiger partial charge < -0.3 is 4.57 Å². The number of aromatic nitrogens is 3. The Morgan fingerprint density at radius 1 is 1.38 bits per heavy atom. The molecule has 0 amide bonds. The summed E-state index contributed by atoms with van der Waals surface area (Å²) in [5.41, 5.74) is 1.65. The summed E-state index contributed by atoms with van der Waals surface area (Å²) in [6.45, 7) is 3.72. The topological polar surface area (TPSA) is 39.3 Å². The van der Waals surface area contributed by atoms with E-state index in [1.165, 1.54) is 0 Å². The highest BCUT2D eigenvalue weighted by atomic mass is 16.1. The zero-order valence-corrected chi connectivity index (χ0v) is 7.90. The van der Waals surface area contributed by atoms with E-state index < -0.39 is 0 Å². The molecule has 0 spiro atoms. The van der Waals surface area contributed by atoms with Gasteiger partial charge in [0, 0.05) is 30.7 Å². The summed E-state index contributed by atoms with van der Waals surface area (Å²) >= 11 is 0. The van der Waals surface area contributed by atoms with Crippen molar-refractivity contribution in [1.82, 2.24) is 14.0 Å². The Balaban J connectivity index is 3.06. The second kappa shape index (κ2) is 2.45. The number of fused-ring (bicyclic) bond motifs is 1. The van der Waals surface area contributed by atoms with Crippen molar-refractivity contribution in [3.8, 4) is 0 Å². The van der Waals surface area contributed by atoms with Crippen LogP contribution in [-0.2, 0) is 7.05 Å². The van der Waals surface area contributed by atoms with Gasteiger partial charge in [0.1, 0.15) is 0 Å². The van der Waals surface area contributed by atoms with E-state index in [0.717, 1.165) is 11.4 Å². The monoisotopic (exact) mass is 177 g/mol. The van der Waals surface area contributed by atoms with Crippen LogP contribution in [0.2, 0.25) is 0 Å². The average Bonchev–Trinajstić information content (AvgIpc) is 2.27. The van der Waals surface area contributed by atoms with Gasteiger partial charge in [-0.05, 0) is 13.8 Å². The van der Waals surface area contributed by atoms with Gasteiger partial charge in [0.15, 0.2) is 0 Å². The molecule has 4 nitrogen and oxygen atoms in total. The molecule has 0 saturated heterocycles. The molecule has 0 atom stereocenters. The van der Waals surface area contributed by atoms with Crippen molar-refractivity contribution in [3.63, 3.8) is 0 Å². The summed E-state index contributed by atoms with van der Waals surface area (Å²) in [4.78, 5) is 15.8. The number of rotatable bonds is 0. The predicted molar refractivity (Wildman–Crippen MR) is 49.9 cm³/mol. The maximum atomic E-state index is 11.5. The van der Waals surface area contributed by atoms with Gasteiger partial charge in [0.05, 0.1) is 0 Å². The molecular weight excluding hydrogens is 166 g/mol. The Labute approximate surface area is 75.5 Å².